The number of aryl methyl sites for hydroxylation is 2. The van der Waals surface area contributed by atoms with Crippen molar-refractivity contribution in [1.29, 1.82) is 0 Å². The number of piperidine rings is 1. The van der Waals surface area contributed by atoms with E-state index in [0.717, 1.165) is 32.0 Å². The fourth-order valence-corrected chi connectivity index (χ4v) is 3.42. The Kier molecular flexibility index (Phi) is 4.82. The number of aromatic nitrogens is 2. The van der Waals surface area contributed by atoms with Crippen LogP contribution in [-0.2, 0) is 13.0 Å². The summed E-state index contributed by atoms with van der Waals surface area (Å²) < 4.78 is 2.49. The first-order chi connectivity index (χ1) is 10.7. The second-order valence-electron chi connectivity index (χ2n) is 7.02. The van der Waals surface area contributed by atoms with E-state index in [-0.39, 0.29) is 0 Å². The highest BCUT2D eigenvalue weighted by Crippen LogP contribution is 2.28. The Morgan fingerprint density at radius 2 is 2.23 bits per heavy atom. The summed E-state index contributed by atoms with van der Waals surface area (Å²) in [5, 5.41) is 3.54. The van der Waals surface area contributed by atoms with Crippen LogP contribution in [-0.4, -0.2) is 22.6 Å². The highest BCUT2D eigenvalue weighted by Gasteiger charge is 2.22. The van der Waals surface area contributed by atoms with Gasteiger partial charge in [0.2, 0.25) is 0 Å². The second-order valence-corrected chi connectivity index (χ2v) is 7.02. The van der Waals surface area contributed by atoms with Crippen LogP contribution in [0.15, 0.2) is 18.2 Å². The van der Waals surface area contributed by atoms with Crippen molar-refractivity contribution in [3.63, 3.8) is 0 Å². The van der Waals surface area contributed by atoms with E-state index in [0.29, 0.717) is 5.92 Å². The van der Waals surface area contributed by atoms with Gasteiger partial charge in [-0.3, -0.25) is 0 Å². The lowest BCUT2D eigenvalue weighted by molar-refractivity contribution is 0.424. The average Bonchev–Trinajstić information content (AvgIpc) is 2.91. The fourth-order valence-electron chi connectivity index (χ4n) is 3.42. The molecular weight excluding hydrogens is 270 g/mol. The number of rotatable bonds is 5. The lowest BCUT2D eigenvalue weighted by Crippen LogP contribution is -2.30. The standard InChI is InChI=1S/C19H29N3/c1-4-15-7-8-18-17(12-15)21-19(16-6-5-10-20-13-16)22(18)11-9-14(2)3/h7-8,12,14,16,20H,4-6,9-11,13H2,1-3H3. The van der Waals surface area contributed by atoms with Crippen LogP contribution in [0.2, 0.25) is 0 Å². The molecule has 1 saturated heterocycles. The van der Waals surface area contributed by atoms with Gasteiger partial charge in [0.15, 0.2) is 0 Å². The molecule has 1 aliphatic heterocycles. The Bertz CT molecular complexity index is 621. The van der Waals surface area contributed by atoms with Gasteiger partial charge in [-0.15, -0.1) is 0 Å². The maximum atomic E-state index is 5.05. The number of nitrogens with zero attached hydrogens (tertiary/aromatic N) is 2. The smallest absolute Gasteiger partial charge is 0.114 e. The molecule has 1 unspecified atom stereocenters. The summed E-state index contributed by atoms with van der Waals surface area (Å²) in [6, 6.07) is 6.82. The monoisotopic (exact) mass is 299 g/mol. The molecule has 0 saturated carbocycles. The van der Waals surface area contributed by atoms with Crippen molar-refractivity contribution in [1.82, 2.24) is 14.9 Å². The average molecular weight is 299 g/mol. The Balaban J connectivity index is 2.00. The molecule has 0 radical (unpaired) electrons. The number of fused-ring (bicyclic) bond motifs is 1. The molecule has 0 amide bonds. The quantitative estimate of drug-likeness (QED) is 0.900. The first-order valence-corrected chi connectivity index (χ1v) is 8.88. The molecule has 3 rings (SSSR count). The molecule has 2 heterocycles. The Morgan fingerprint density at radius 1 is 1.36 bits per heavy atom. The van der Waals surface area contributed by atoms with E-state index in [9.17, 15) is 0 Å². The zero-order chi connectivity index (χ0) is 15.5. The van der Waals surface area contributed by atoms with Crippen molar-refractivity contribution >= 4 is 11.0 Å². The van der Waals surface area contributed by atoms with Crippen molar-refractivity contribution in [2.75, 3.05) is 13.1 Å². The zero-order valence-electron chi connectivity index (χ0n) is 14.2. The van der Waals surface area contributed by atoms with E-state index in [4.69, 9.17) is 4.98 Å². The minimum Gasteiger partial charge on any atom is -0.328 e. The van der Waals surface area contributed by atoms with Crippen LogP contribution in [0.4, 0.5) is 0 Å². The van der Waals surface area contributed by atoms with Crippen LogP contribution in [0.1, 0.15) is 57.3 Å². The van der Waals surface area contributed by atoms with Crippen molar-refractivity contribution in [3.05, 3.63) is 29.6 Å². The summed E-state index contributed by atoms with van der Waals surface area (Å²) in [4.78, 5) is 5.05. The van der Waals surface area contributed by atoms with Crippen LogP contribution in [0, 0.1) is 5.92 Å². The topological polar surface area (TPSA) is 29.9 Å². The highest BCUT2D eigenvalue weighted by molar-refractivity contribution is 5.77. The van der Waals surface area contributed by atoms with Gasteiger partial charge in [0, 0.05) is 19.0 Å². The van der Waals surface area contributed by atoms with E-state index in [1.165, 1.54) is 41.7 Å². The molecule has 1 aromatic heterocycles. The molecule has 1 fully saturated rings. The summed E-state index contributed by atoms with van der Waals surface area (Å²) in [5.74, 6) is 2.60. The second kappa shape index (κ2) is 6.82. The molecule has 0 bridgehead atoms. The molecule has 3 heteroatoms. The van der Waals surface area contributed by atoms with E-state index in [1.807, 2.05) is 0 Å². The molecular formula is C19H29N3. The van der Waals surface area contributed by atoms with E-state index < -0.39 is 0 Å². The lowest BCUT2D eigenvalue weighted by Gasteiger charge is -2.23. The SMILES string of the molecule is CCc1ccc2c(c1)nc(C1CCCNC1)n2CCC(C)C. The van der Waals surface area contributed by atoms with Gasteiger partial charge in [-0.2, -0.15) is 0 Å². The van der Waals surface area contributed by atoms with Crippen molar-refractivity contribution < 1.29 is 0 Å². The van der Waals surface area contributed by atoms with Gasteiger partial charge in [-0.25, -0.2) is 4.98 Å². The van der Waals surface area contributed by atoms with Gasteiger partial charge >= 0.3 is 0 Å². The molecule has 1 N–H and O–H groups in total. The minimum absolute atomic E-state index is 0.568. The summed E-state index contributed by atoms with van der Waals surface area (Å²) >= 11 is 0. The van der Waals surface area contributed by atoms with Gasteiger partial charge in [0.25, 0.3) is 0 Å². The van der Waals surface area contributed by atoms with Crippen molar-refractivity contribution in [2.24, 2.45) is 5.92 Å². The molecule has 120 valence electrons. The van der Waals surface area contributed by atoms with Crippen LogP contribution in [0.25, 0.3) is 11.0 Å². The number of benzene rings is 1. The summed E-state index contributed by atoms with van der Waals surface area (Å²) in [6.45, 7) is 10.1. The Morgan fingerprint density at radius 3 is 2.91 bits per heavy atom. The predicted molar refractivity (Wildman–Crippen MR) is 93.4 cm³/mol. The fraction of sp³-hybridized carbons (Fsp3) is 0.632. The minimum atomic E-state index is 0.568. The van der Waals surface area contributed by atoms with Crippen LogP contribution >= 0.6 is 0 Å². The van der Waals surface area contributed by atoms with Crippen LogP contribution in [0.3, 0.4) is 0 Å². The molecule has 1 aromatic carbocycles. The Hall–Kier alpha value is -1.35. The first-order valence-electron chi connectivity index (χ1n) is 8.88. The molecule has 2 aromatic rings. The molecule has 0 spiro atoms. The van der Waals surface area contributed by atoms with Gasteiger partial charge in [0.05, 0.1) is 11.0 Å². The summed E-state index contributed by atoms with van der Waals surface area (Å²) in [7, 11) is 0. The number of imidazole rings is 1. The first kappa shape index (κ1) is 15.5. The molecule has 1 aliphatic rings. The maximum Gasteiger partial charge on any atom is 0.114 e. The third-order valence-corrected chi connectivity index (χ3v) is 4.84. The lowest BCUT2D eigenvalue weighted by atomic mass is 9.98. The number of hydrogen-bond donors (Lipinski definition) is 1. The van der Waals surface area contributed by atoms with E-state index >= 15 is 0 Å². The number of hydrogen-bond acceptors (Lipinski definition) is 2. The zero-order valence-corrected chi connectivity index (χ0v) is 14.2. The summed E-state index contributed by atoms with van der Waals surface area (Å²) in [5.41, 5.74) is 3.89. The molecule has 3 nitrogen and oxygen atoms in total. The summed E-state index contributed by atoms with van der Waals surface area (Å²) in [6.07, 6.45) is 4.82. The van der Waals surface area contributed by atoms with Gasteiger partial charge in [-0.1, -0.05) is 26.8 Å². The third-order valence-electron chi connectivity index (χ3n) is 4.84. The van der Waals surface area contributed by atoms with E-state index in [1.54, 1.807) is 0 Å². The highest BCUT2D eigenvalue weighted by atomic mass is 15.1. The van der Waals surface area contributed by atoms with Gasteiger partial charge < -0.3 is 9.88 Å². The van der Waals surface area contributed by atoms with Crippen molar-refractivity contribution in [2.45, 2.75) is 58.9 Å². The predicted octanol–water partition coefficient (Wildman–Crippen LogP) is 4.11. The van der Waals surface area contributed by atoms with Gasteiger partial charge in [-0.05, 0) is 55.8 Å². The maximum absolute atomic E-state index is 5.05. The third kappa shape index (κ3) is 3.19. The van der Waals surface area contributed by atoms with E-state index in [2.05, 4.69) is 48.9 Å². The Labute approximate surface area is 134 Å². The molecule has 22 heavy (non-hydrogen) atoms. The molecule has 1 atom stereocenters. The van der Waals surface area contributed by atoms with Crippen molar-refractivity contribution in [3.8, 4) is 0 Å². The number of nitrogens with one attached hydrogen (secondary N) is 1. The van der Waals surface area contributed by atoms with Gasteiger partial charge in [0.1, 0.15) is 5.82 Å². The van der Waals surface area contributed by atoms with Crippen LogP contribution < -0.4 is 5.32 Å². The van der Waals surface area contributed by atoms with Crippen LogP contribution in [0.5, 0.6) is 0 Å². The normalized spacial score (nSPS) is 19.2. The largest absolute Gasteiger partial charge is 0.328 e. The molecule has 0 aliphatic carbocycles.